The van der Waals surface area contributed by atoms with E-state index in [4.69, 9.17) is 17.2 Å². The van der Waals surface area contributed by atoms with E-state index in [2.05, 4.69) is 16.9 Å². The van der Waals surface area contributed by atoms with E-state index >= 15 is 0 Å². The maximum Gasteiger partial charge on any atom is 0.196 e. The van der Waals surface area contributed by atoms with E-state index < -0.39 is 0 Å². The van der Waals surface area contributed by atoms with Gasteiger partial charge in [0.05, 0.1) is 0 Å². The predicted octanol–water partition coefficient (Wildman–Crippen LogP) is 2.20. The Kier molecular flexibility index (Phi) is 4.24. The zero-order valence-electron chi connectivity index (χ0n) is 10.7. The van der Waals surface area contributed by atoms with Gasteiger partial charge in [0.25, 0.3) is 0 Å². The van der Waals surface area contributed by atoms with Gasteiger partial charge < -0.3 is 17.2 Å². The minimum atomic E-state index is 0.0818. The van der Waals surface area contributed by atoms with Crippen LogP contribution in [0.3, 0.4) is 0 Å². The van der Waals surface area contributed by atoms with Crippen LogP contribution >= 0.6 is 11.8 Å². The van der Waals surface area contributed by atoms with Gasteiger partial charge in [-0.15, -0.1) is 0 Å². The molecular weight excluding hydrogens is 258 g/mol. The van der Waals surface area contributed by atoms with Crippen molar-refractivity contribution in [2.75, 3.05) is 11.5 Å². The lowest BCUT2D eigenvalue weighted by Crippen LogP contribution is -2.08. The fraction of sp³-hybridized carbons (Fsp3) is 0.231. The maximum atomic E-state index is 5.97. The Labute approximate surface area is 116 Å². The Morgan fingerprint density at radius 1 is 1.11 bits per heavy atom. The Balaban J connectivity index is 2.15. The van der Waals surface area contributed by atoms with Crippen molar-refractivity contribution in [1.82, 2.24) is 9.97 Å². The van der Waals surface area contributed by atoms with Crippen LogP contribution in [0.4, 0.5) is 11.6 Å². The molecule has 0 spiro atoms. The highest BCUT2D eigenvalue weighted by Gasteiger charge is 2.06. The first-order chi connectivity index (χ1) is 9.08. The number of hydrogen-bond acceptors (Lipinski definition) is 6. The van der Waals surface area contributed by atoms with Crippen LogP contribution in [0.25, 0.3) is 0 Å². The van der Waals surface area contributed by atoms with Crippen molar-refractivity contribution in [3.05, 3.63) is 35.9 Å². The summed E-state index contributed by atoms with van der Waals surface area (Å²) in [6.45, 7) is 2.07. The molecule has 1 heterocycles. The van der Waals surface area contributed by atoms with Crippen molar-refractivity contribution in [3.8, 4) is 0 Å². The van der Waals surface area contributed by atoms with Crippen molar-refractivity contribution in [2.45, 2.75) is 29.4 Å². The molecule has 19 heavy (non-hydrogen) atoms. The summed E-state index contributed by atoms with van der Waals surface area (Å²) in [5.74, 6) is 0.749. The second-order valence-corrected chi connectivity index (χ2v) is 5.23. The van der Waals surface area contributed by atoms with Crippen LogP contribution in [-0.2, 0) is 0 Å². The van der Waals surface area contributed by atoms with Gasteiger partial charge in [-0.3, -0.25) is 0 Å². The van der Waals surface area contributed by atoms with Crippen LogP contribution in [-0.4, -0.2) is 9.97 Å². The topological polar surface area (TPSA) is 104 Å². The Bertz CT molecular complexity index is 535. The molecule has 0 unspecified atom stereocenters. The Hall–Kier alpha value is -1.79. The van der Waals surface area contributed by atoms with Crippen LogP contribution in [0.5, 0.6) is 0 Å². The summed E-state index contributed by atoms with van der Waals surface area (Å²) in [6, 6.07) is 9.65. The number of anilines is 2. The van der Waals surface area contributed by atoms with Crippen LogP contribution in [0, 0.1) is 0 Å². The van der Waals surface area contributed by atoms with E-state index in [-0.39, 0.29) is 6.04 Å². The van der Waals surface area contributed by atoms with Crippen molar-refractivity contribution < 1.29 is 0 Å². The molecule has 0 bridgehead atoms. The first-order valence-corrected chi connectivity index (χ1v) is 6.83. The van der Waals surface area contributed by atoms with Gasteiger partial charge in [0.1, 0.15) is 11.6 Å². The third-order valence-corrected chi connectivity index (χ3v) is 3.58. The number of nitrogens with two attached hydrogens (primary N) is 3. The summed E-state index contributed by atoms with van der Waals surface area (Å²) < 4.78 is 0. The highest BCUT2D eigenvalue weighted by molar-refractivity contribution is 7.99. The average molecular weight is 275 g/mol. The predicted molar refractivity (Wildman–Crippen MR) is 78.6 cm³/mol. The quantitative estimate of drug-likeness (QED) is 0.739. The van der Waals surface area contributed by atoms with Crippen LogP contribution in [0.15, 0.2) is 40.4 Å². The van der Waals surface area contributed by atoms with Crippen molar-refractivity contribution in [2.24, 2.45) is 5.73 Å². The van der Waals surface area contributed by atoms with Gasteiger partial charge in [0.15, 0.2) is 5.16 Å². The SMILES string of the molecule is CC[C@@H](N)c1ccc(Sc2nc(N)cc(N)n2)cc1. The van der Waals surface area contributed by atoms with Crippen LogP contribution in [0.1, 0.15) is 24.9 Å². The number of aromatic nitrogens is 2. The molecule has 1 atom stereocenters. The van der Waals surface area contributed by atoms with Gasteiger partial charge in [-0.2, -0.15) is 0 Å². The number of hydrogen-bond donors (Lipinski definition) is 3. The third-order valence-electron chi connectivity index (χ3n) is 2.70. The first-order valence-electron chi connectivity index (χ1n) is 6.02. The molecule has 1 aromatic carbocycles. The first kappa shape index (κ1) is 13.6. The maximum absolute atomic E-state index is 5.97. The summed E-state index contributed by atoms with van der Waals surface area (Å²) in [5, 5.41) is 0.546. The molecule has 0 aliphatic rings. The van der Waals surface area contributed by atoms with Gasteiger partial charge in [0.2, 0.25) is 0 Å². The van der Waals surface area contributed by atoms with Crippen molar-refractivity contribution >= 4 is 23.4 Å². The van der Waals surface area contributed by atoms with Crippen LogP contribution < -0.4 is 17.2 Å². The molecule has 1 aromatic heterocycles. The van der Waals surface area contributed by atoms with Gasteiger partial charge in [-0.25, -0.2) is 9.97 Å². The lowest BCUT2D eigenvalue weighted by atomic mass is 10.1. The molecule has 0 saturated heterocycles. The van der Waals surface area contributed by atoms with Gasteiger partial charge >= 0.3 is 0 Å². The second-order valence-electron chi connectivity index (χ2n) is 4.19. The summed E-state index contributed by atoms with van der Waals surface area (Å²) >= 11 is 1.42. The zero-order chi connectivity index (χ0) is 13.8. The van der Waals surface area contributed by atoms with Gasteiger partial charge in [-0.1, -0.05) is 19.1 Å². The molecule has 100 valence electrons. The lowest BCUT2D eigenvalue weighted by Gasteiger charge is -2.09. The molecule has 0 amide bonds. The van der Waals surface area contributed by atoms with Crippen LogP contribution in [0.2, 0.25) is 0 Å². The molecule has 5 nitrogen and oxygen atoms in total. The van der Waals surface area contributed by atoms with E-state index in [0.717, 1.165) is 16.9 Å². The largest absolute Gasteiger partial charge is 0.383 e. The lowest BCUT2D eigenvalue weighted by molar-refractivity contribution is 0.698. The second kappa shape index (κ2) is 5.90. The van der Waals surface area contributed by atoms with Gasteiger partial charge in [-0.05, 0) is 35.9 Å². The van der Waals surface area contributed by atoms with E-state index in [1.165, 1.54) is 17.8 Å². The molecule has 0 fully saturated rings. The summed E-state index contributed by atoms with van der Waals surface area (Å²) in [7, 11) is 0. The summed E-state index contributed by atoms with van der Waals surface area (Å²) in [6.07, 6.45) is 0.918. The van der Waals surface area contributed by atoms with E-state index in [0.29, 0.717) is 16.8 Å². The third kappa shape index (κ3) is 3.59. The summed E-state index contributed by atoms with van der Waals surface area (Å²) in [4.78, 5) is 9.28. The fourth-order valence-electron chi connectivity index (χ4n) is 1.63. The van der Waals surface area contributed by atoms with E-state index in [1.54, 1.807) is 0 Å². The normalized spacial score (nSPS) is 12.3. The highest BCUT2D eigenvalue weighted by atomic mass is 32.2. The molecule has 6 N–H and O–H groups in total. The Morgan fingerprint density at radius 3 is 2.21 bits per heavy atom. The molecular formula is C13H17N5S. The molecule has 0 aliphatic heterocycles. The summed E-state index contributed by atoms with van der Waals surface area (Å²) in [5.41, 5.74) is 18.4. The highest BCUT2D eigenvalue weighted by Crippen LogP contribution is 2.27. The molecule has 0 radical (unpaired) electrons. The minimum Gasteiger partial charge on any atom is -0.383 e. The van der Waals surface area contributed by atoms with Gasteiger partial charge in [0, 0.05) is 17.0 Å². The Morgan fingerprint density at radius 2 is 1.68 bits per heavy atom. The molecule has 6 heteroatoms. The van der Waals surface area contributed by atoms with Crippen molar-refractivity contribution in [1.29, 1.82) is 0 Å². The number of nitrogen functional groups attached to an aromatic ring is 2. The molecule has 0 saturated carbocycles. The molecule has 0 aliphatic carbocycles. The monoisotopic (exact) mass is 275 g/mol. The van der Waals surface area contributed by atoms with Crippen molar-refractivity contribution in [3.63, 3.8) is 0 Å². The molecule has 2 aromatic rings. The minimum absolute atomic E-state index is 0.0818. The number of rotatable bonds is 4. The number of nitrogens with zero attached hydrogens (tertiary/aromatic N) is 2. The zero-order valence-corrected chi connectivity index (χ0v) is 11.5. The number of benzene rings is 1. The average Bonchev–Trinajstić information content (AvgIpc) is 2.37. The smallest absolute Gasteiger partial charge is 0.196 e. The fourth-order valence-corrected chi connectivity index (χ4v) is 2.42. The standard InChI is InChI=1S/C13H17N5S/c1-2-10(14)8-3-5-9(6-4-8)19-13-17-11(15)7-12(16)18-13/h3-7,10H,2,14H2,1H3,(H4,15,16,17,18)/t10-/m1/s1. The van der Waals surface area contributed by atoms with E-state index in [1.807, 2.05) is 24.3 Å². The van der Waals surface area contributed by atoms with E-state index in [9.17, 15) is 0 Å². The molecule has 2 rings (SSSR count).